The van der Waals surface area contributed by atoms with Gasteiger partial charge in [-0.2, -0.15) is 0 Å². The second kappa shape index (κ2) is 6.39. The van der Waals surface area contributed by atoms with Gasteiger partial charge >= 0.3 is 0 Å². The standard InChI is InChI=1S/C22H14ClFN4/c1-13-6-8-14(9-7-13)21-27-20-22(26-19-5-3-2-4-18(19)25-20)28(21)15-10-11-17(24)16(23)12-15/h2-12H,1H3. The lowest BCUT2D eigenvalue weighted by Gasteiger charge is -2.10. The number of hydrogen-bond donors (Lipinski definition) is 0. The molecule has 0 radical (unpaired) electrons. The molecular formula is C22H14ClFN4. The molecular weight excluding hydrogens is 375 g/mol. The summed E-state index contributed by atoms with van der Waals surface area (Å²) in [6.07, 6.45) is 0. The van der Waals surface area contributed by atoms with Crippen molar-refractivity contribution in [2.45, 2.75) is 6.92 Å². The number of para-hydroxylation sites is 2. The van der Waals surface area contributed by atoms with E-state index in [0.717, 1.165) is 22.2 Å². The molecule has 28 heavy (non-hydrogen) atoms. The molecule has 3 aromatic carbocycles. The smallest absolute Gasteiger partial charge is 0.199 e. The van der Waals surface area contributed by atoms with Gasteiger partial charge in [-0.05, 0) is 37.3 Å². The molecule has 2 aromatic heterocycles. The van der Waals surface area contributed by atoms with E-state index in [1.165, 1.54) is 6.07 Å². The van der Waals surface area contributed by atoms with Crippen LogP contribution in [0.2, 0.25) is 5.02 Å². The van der Waals surface area contributed by atoms with E-state index in [9.17, 15) is 4.39 Å². The van der Waals surface area contributed by atoms with Gasteiger partial charge < -0.3 is 0 Å². The predicted molar refractivity (Wildman–Crippen MR) is 109 cm³/mol. The Kier molecular flexibility index (Phi) is 3.84. The van der Waals surface area contributed by atoms with E-state index >= 15 is 0 Å². The van der Waals surface area contributed by atoms with Crippen LogP contribution >= 0.6 is 11.6 Å². The van der Waals surface area contributed by atoms with E-state index in [1.54, 1.807) is 12.1 Å². The maximum atomic E-state index is 13.7. The van der Waals surface area contributed by atoms with E-state index in [4.69, 9.17) is 21.6 Å². The summed E-state index contributed by atoms with van der Waals surface area (Å²) in [6, 6.07) is 20.3. The van der Waals surface area contributed by atoms with Crippen molar-refractivity contribution in [3.63, 3.8) is 0 Å². The third kappa shape index (κ3) is 2.72. The fourth-order valence-corrected chi connectivity index (χ4v) is 3.40. The van der Waals surface area contributed by atoms with Gasteiger partial charge in [0, 0.05) is 5.56 Å². The number of nitrogens with zero attached hydrogens (tertiary/aromatic N) is 4. The first kappa shape index (κ1) is 16.8. The quantitative estimate of drug-likeness (QED) is 0.387. The Balaban J connectivity index is 1.87. The van der Waals surface area contributed by atoms with E-state index in [1.807, 2.05) is 60.0 Å². The molecule has 6 heteroatoms. The van der Waals surface area contributed by atoms with Gasteiger partial charge in [0.25, 0.3) is 0 Å². The first-order valence-electron chi connectivity index (χ1n) is 8.78. The van der Waals surface area contributed by atoms with Gasteiger partial charge in [-0.3, -0.25) is 4.57 Å². The van der Waals surface area contributed by atoms with E-state index in [0.29, 0.717) is 22.8 Å². The van der Waals surface area contributed by atoms with Gasteiger partial charge in [0.2, 0.25) is 0 Å². The number of halogens is 2. The average Bonchev–Trinajstić information content (AvgIpc) is 3.07. The highest BCUT2D eigenvalue weighted by Gasteiger charge is 2.18. The number of fused-ring (bicyclic) bond motifs is 2. The molecule has 0 spiro atoms. The van der Waals surface area contributed by atoms with Crippen molar-refractivity contribution in [3.05, 3.63) is 83.1 Å². The van der Waals surface area contributed by atoms with Crippen LogP contribution in [0.5, 0.6) is 0 Å². The SMILES string of the molecule is Cc1ccc(-c2nc3nc4ccccc4nc3n2-c2ccc(F)c(Cl)c2)cc1. The zero-order valence-electron chi connectivity index (χ0n) is 14.9. The second-order valence-corrected chi connectivity index (χ2v) is 7.00. The molecule has 136 valence electrons. The molecule has 0 saturated carbocycles. The average molecular weight is 389 g/mol. The van der Waals surface area contributed by atoms with Gasteiger partial charge in [-0.15, -0.1) is 0 Å². The summed E-state index contributed by atoms with van der Waals surface area (Å²) in [5, 5.41) is 0.0444. The van der Waals surface area contributed by atoms with Crippen molar-refractivity contribution >= 4 is 33.9 Å². The summed E-state index contributed by atoms with van der Waals surface area (Å²) < 4.78 is 15.6. The van der Waals surface area contributed by atoms with Crippen LogP contribution in [0, 0.1) is 12.7 Å². The third-order valence-electron chi connectivity index (χ3n) is 4.64. The van der Waals surface area contributed by atoms with Crippen molar-refractivity contribution in [1.82, 2.24) is 19.5 Å². The molecule has 0 atom stereocenters. The van der Waals surface area contributed by atoms with Crippen LogP contribution in [-0.2, 0) is 0 Å². The molecule has 0 saturated heterocycles. The summed E-state index contributed by atoms with van der Waals surface area (Å²) in [5.74, 6) is 0.205. The van der Waals surface area contributed by atoms with Crippen molar-refractivity contribution in [1.29, 1.82) is 0 Å². The zero-order chi connectivity index (χ0) is 19.3. The van der Waals surface area contributed by atoms with Gasteiger partial charge in [-0.25, -0.2) is 19.3 Å². The van der Waals surface area contributed by atoms with Crippen LogP contribution < -0.4 is 0 Å². The van der Waals surface area contributed by atoms with Gasteiger partial charge in [0.1, 0.15) is 11.6 Å². The fourth-order valence-electron chi connectivity index (χ4n) is 3.22. The molecule has 4 nitrogen and oxygen atoms in total. The minimum atomic E-state index is -0.469. The van der Waals surface area contributed by atoms with Crippen LogP contribution in [0.3, 0.4) is 0 Å². The largest absolute Gasteiger partial charge is 0.275 e. The Morgan fingerprint density at radius 3 is 2.29 bits per heavy atom. The maximum Gasteiger partial charge on any atom is 0.199 e. The lowest BCUT2D eigenvalue weighted by molar-refractivity contribution is 0.628. The highest BCUT2D eigenvalue weighted by molar-refractivity contribution is 6.30. The monoisotopic (exact) mass is 388 g/mol. The Labute approximate surface area is 165 Å². The van der Waals surface area contributed by atoms with Crippen molar-refractivity contribution < 1.29 is 4.39 Å². The van der Waals surface area contributed by atoms with Crippen LogP contribution in [0.4, 0.5) is 4.39 Å². The van der Waals surface area contributed by atoms with Crippen molar-refractivity contribution in [2.24, 2.45) is 0 Å². The summed E-state index contributed by atoms with van der Waals surface area (Å²) in [4.78, 5) is 14.2. The summed E-state index contributed by atoms with van der Waals surface area (Å²) in [5.41, 5.74) is 5.39. The van der Waals surface area contributed by atoms with Crippen LogP contribution in [0.25, 0.3) is 39.4 Å². The zero-order valence-corrected chi connectivity index (χ0v) is 15.7. The lowest BCUT2D eigenvalue weighted by atomic mass is 10.1. The van der Waals surface area contributed by atoms with Gasteiger partial charge in [-0.1, -0.05) is 53.6 Å². The lowest BCUT2D eigenvalue weighted by Crippen LogP contribution is -2.00. The van der Waals surface area contributed by atoms with Crippen LogP contribution in [-0.4, -0.2) is 19.5 Å². The molecule has 0 aliphatic rings. The fraction of sp³-hybridized carbons (Fsp3) is 0.0455. The van der Waals surface area contributed by atoms with Crippen molar-refractivity contribution in [2.75, 3.05) is 0 Å². The molecule has 0 aliphatic heterocycles. The summed E-state index contributed by atoms with van der Waals surface area (Å²) in [6.45, 7) is 2.03. The minimum Gasteiger partial charge on any atom is -0.275 e. The molecule has 5 aromatic rings. The molecule has 0 bridgehead atoms. The molecule has 0 N–H and O–H groups in total. The number of aromatic nitrogens is 4. The third-order valence-corrected chi connectivity index (χ3v) is 4.93. The van der Waals surface area contributed by atoms with E-state index in [2.05, 4.69) is 4.98 Å². The predicted octanol–water partition coefficient (Wildman–Crippen LogP) is 5.74. The Bertz CT molecular complexity index is 1340. The normalized spacial score (nSPS) is 11.4. The Morgan fingerprint density at radius 1 is 0.857 bits per heavy atom. The maximum absolute atomic E-state index is 13.7. The van der Waals surface area contributed by atoms with E-state index < -0.39 is 5.82 Å². The van der Waals surface area contributed by atoms with E-state index in [-0.39, 0.29) is 5.02 Å². The molecule has 0 amide bonds. The first-order chi connectivity index (χ1) is 13.6. The number of hydrogen-bond acceptors (Lipinski definition) is 3. The molecule has 0 aliphatic carbocycles. The molecule has 2 heterocycles. The van der Waals surface area contributed by atoms with Crippen LogP contribution in [0.15, 0.2) is 66.7 Å². The molecule has 5 rings (SSSR count). The number of aryl methyl sites for hydroxylation is 1. The van der Waals surface area contributed by atoms with Crippen molar-refractivity contribution in [3.8, 4) is 17.1 Å². The van der Waals surface area contributed by atoms with Gasteiger partial charge in [0.15, 0.2) is 11.3 Å². The number of rotatable bonds is 2. The van der Waals surface area contributed by atoms with Crippen LogP contribution in [0.1, 0.15) is 5.56 Å². The second-order valence-electron chi connectivity index (χ2n) is 6.59. The number of benzene rings is 3. The summed E-state index contributed by atoms with van der Waals surface area (Å²) in [7, 11) is 0. The highest BCUT2D eigenvalue weighted by atomic mass is 35.5. The first-order valence-corrected chi connectivity index (χ1v) is 9.16. The minimum absolute atomic E-state index is 0.0444. The topological polar surface area (TPSA) is 43.6 Å². The Hall–Kier alpha value is -3.31. The summed E-state index contributed by atoms with van der Waals surface area (Å²) >= 11 is 6.05. The highest BCUT2D eigenvalue weighted by Crippen LogP contribution is 2.30. The Morgan fingerprint density at radius 2 is 1.57 bits per heavy atom. The molecule has 0 unspecified atom stereocenters. The van der Waals surface area contributed by atoms with Gasteiger partial charge in [0.05, 0.1) is 21.7 Å². The number of imidazole rings is 1. The molecule has 0 fully saturated rings.